The van der Waals surface area contributed by atoms with E-state index >= 15 is 0 Å². The predicted molar refractivity (Wildman–Crippen MR) is 83.1 cm³/mol. The minimum atomic E-state index is -1.24. The Morgan fingerprint density at radius 2 is 2.09 bits per heavy atom. The number of nitrogens with two attached hydrogens (primary N) is 1. The Hall–Kier alpha value is -3.49. The lowest BCUT2D eigenvalue weighted by Gasteiger charge is -2.10. The third-order valence-corrected chi connectivity index (χ3v) is 3.25. The lowest BCUT2D eigenvalue weighted by atomic mass is 10.1. The number of fused-ring (bicyclic) bond motifs is 1. The van der Waals surface area contributed by atoms with Crippen LogP contribution >= 0.6 is 0 Å². The molecule has 3 rings (SSSR count). The molecule has 2 aliphatic rings. The first-order chi connectivity index (χ1) is 11.0. The molecule has 0 radical (unpaired) electrons. The zero-order chi connectivity index (χ0) is 16.6. The van der Waals surface area contributed by atoms with Crippen molar-refractivity contribution >= 4 is 35.6 Å². The fourth-order valence-corrected chi connectivity index (χ4v) is 2.17. The predicted octanol–water partition coefficient (Wildman–Crippen LogP) is 0.137. The first-order valence-corrected chi connectivity index (χ1v) is 6.50. The molecule has 9 nitrogen and oxygen atoms in total. The van der Waals surface area contributed by atoms with Crippen molar-refractivity contribution in [2.75, 3.05) is 11.9 Å². The Kier molecular flexibility index (Phi) is 3.37. The van der Waals surface area contributed by atoms with E-state index in [1.54, 1.807) is 0 Å². The second-order valence-corrected chi connectivity index (χ2v) is 4.76. The minimum Gasteiger partial charge on any atom is -0.507 e. The molecule has 1 aromatic rings. The normalized spacial score (nSPS) is 16.1. The van der Waals surface area contributed by atoms with Crippen molar-refractivity contribution < 1.29 is 19.8 Å². The van der Waals surface area contributed by atoms with Gasteiger partial charge in [-0.15, -0.1) is 0 Å². The Morgan fingerprint density at radius 1 is 1.30 bits per heavy atom. The van der Waals surface area contributed by atoms with Gasteiger partial charge in [0, 0.05) is 24.0 Å². The van der Waals surface area contributed by atoms with Crippen LogP contribution in [0.4, 0.5) is 5.69 Å². The van der Waals surface area contributed by atoms with Gasteiger partial charge in [-0.05, 0) is 18.2 Å². The van der Waals surface area contributed by atoms with Gasteiger partial charge in [-0.1, -0.05) is 0 Å². The van der Waals surface area contributed by atoms with Crippen LogP contribution < -0.4 is 11.1 Å². The van der Waals surface area contributed by atoms with Gasteiger partial charge in [0.15, 0.2) is 5.84 Å². The number of nitrogens with one attached hydrogen (secondary N) is 1. The van der Waals surface area contributed by atoms with E-state index in [4.69, 9.17) is 10.8 Å². The van der Waals surface area contributed by atoms with Crippen molar-refractivity contribution in [2.24, 2.45) is 20.7 Å². The molecular formula is C14H11N5O4. The summed E-state index contributed by atoms with van der Waals surface area (Å²) in [6.45, 7) is 0.211. The SMILES string of the molecule is NC1=NC(=O)C2=C(CNc3ccc(O)c(C(=O)O)c3)C=NC2=N1. The van der Waals surface area contributed by atoms with Crippen molar-refractivity contribution in [1.82, 2.24) is 0 Å². The summed E-state index contributed by atoms with van der Waals surface area (Å²) in [7, 11) is 0. The summed E-state index contributed by atoms with van der Waals surface area (Å²) in [6, 6.07) is 4.09. The number of benzene rings is 1. The molecule has 2 aliphatic heterocycles. The number of rotatable bonds is 4. The van der Waals surface area contributed by atoms with Gasteiger partial charge in [0.1, 0.15) is 11.3 Å². The van der Waals surface area contributed by atoms with Crippen LogP contribution in [0.25, 0.3) is 0 Å². The van der Waals surface area contributed by atoms with Crippen LogP contribution in [0.5, 0.6) is 5.75 Å². The number of guanidine groups is 1. The van der Waals surface area contributed by atoms with Gasteiger partial charge in [-0.25, -0.2) is 9.79 Å². The number of amides is 1. The number of amidine groups is 1. The van der Waals surface area contributed by atoms with Gasteiger partial charge >= 0.3 is 5.97 Å². The summed E-state index contributed by atoms with van der Waals surface area (Å²) in [5.74, 6) is -1.99. The molecule has 0 unspecified atom stereocenters. The van der Waals surface area contributed by atoms with Crippen molar-refractivity contribution in [2.45, 2.75) is 0 Å². The average molecular weight is 313 g/mol. The molecule has 0 fully saturated rings. The van der Waals surface area contributed by atoms with Gasteiger partial charge in [0.25, 0.3) is 5.91 Å². The van der Waals surface area contributed by atoms with E-state index in [1.165, 1.54) is 24.4 Å². The molecule has 5 N–H and O–H groups in total. The van der Waals surface area contributed by atoms with E-state index in [-0.39, 0.29) is 35.2 Å². The Balaban J connectivity index is 1.81. The van der Waals surface area contributed by atoms with E-state index < -0.39 is 11.9 Å². The Labute approximate surface area is 129 Å². The number of aromatic hydroxyl groups is 1. The number of carboxylic acids is 1. The zero-order valence-electron chi connectivity index (χ0n) is 11.6. The first-order valence-electron chi connectivity index (χ1n) is 6.50. The number of carboxylic acid groups (broad SMARTS) is 1. The molecule has 0 atom stereocenters. The molecule has 1 amide bonds. The van der Waals surface area contributed by atoms with Crippen molar-refractivity contribution in [3.63, 3.8) is 0 Å². The summed E-state index contributed by atoms with van der Waals surface area (Å²) in [6.07, 6.45) is 1.48. The van der Waals surface area contributed by atoms with Gasteiger partial charge in [-0.3, -0.25) is 4.79 Å². The second-order valence-electron chi connectivity index (χ2n) is 4.76. The lowest BCUT2D eigenvalue weighted by Crippen LogP contribution is -2.23. The summed E-state index contributed by atoms with van der Waals surface area (Å²) in [5, 5.41) is 21.4. The van der Waals surface area contributed by atoms with Crippen LogP contribution in [-0.2, 0) is 4.79 Å². The molecule has 0 aliphatic carbocycles. The Bertz CT molecular complexity index is 851. The number of phenols is 1. The number of carbonyl (C=O) groups excluding carboxylic acids is 1. The van der Waals surface area contributed by atoms with E-state index in [0.717, 1.165) is 0 Å². The molecule has 1 aromatic carbocycles. The van der Waals surface area contributed by atoms with Crippen molar-refractivity contribution in [3.05, 3.63) is 34.9 Å². The Morgan fingerprint density at radius 3 is 2.83 bits per heavy atom. The monoisotopic (exact) mass is 313 g/mol. The summed E-state index contributed by atoms with van der Waals surface area (Å²) in [5.41, 5.74) is 6.48. The molecular weight excluding hydrogens is 302 g/mol. The standard InChI is InChI=1S/C14H11N5O4/c15-14-18-11-10(12(21)19-14)6(5-17-11)4-16-7-1-2-9(20)8(3-7)13(22)23/h1-3,5,16,20H,4H2,(H,22,23)(H2,15,19,21). The summed E-state index contributed by atoms with van der Waals surface area (Å²) < 4.78 is 0. The number of nitrogens with zero attached hydrogens (tertiary/aromatic N) is 3. The van der Waals surface area contributed by atoms with Crippen LogP contribution in [0, 0.1) is 0 Å². The number of aliphatic imine (C=N–C) groups is 3. The smallest absolute Gasteiger partial charge is 0.339 e. The maximum Gasteiger partial charge on any atom is 0.339 e. The number of hydrogen-bond donors (Lipinski definition) is 4. The first kappa shape index (κ1) is 14.4. The third-order valence-electron chi connectivity index (χ3n) is 3.25. The second kappa shape index (κ2) is 5.37. The zero-order valence-corrected chi connectivity index (χ0v) is 11.6. The molecule has 0 aromatic heterocycles. The molecule has 0 saturated heterocycles. The molecule has 23 heavy (non-hydrogen) atoms. The third kappa shape index (κ3) is 2.67. The van der Waals surface area contributed by atoms with E-state index in [1.807, 2.05) is 0 Å². The summed E-state index contributed by atoms with van der Waals surface area (Å²) in [4.78, 5) is 34.3. The van der Waals surface area contributed by atoms with Crippen LogP contribution in [0.3, 0.4) is 0 Å². The van der Waals surface area contributed by atoms with Crippen LogP contribution in [0.15, 0.2) is 44.3 Å². The quantitative estimate of drug-likeness (QED) is 0.580. The van der Waals surface area contributed by atoms with Gasteiger partial charge < -0.3 is 21.3 Å². The molecule has 0 saturated carbocycles. The highest BCUT2D eigenvalue weighted by atomic mass is 16.4. The molecule has 0 bridgehead atoms. The van der Waals surface area contributed by atoms with Gasteiger partial charge in [-0.2, -0.15) is 9.98 Å². The number of anilines is 1. The lowest BCUT2D eigenvalue weighted by molar-refractivity contribution is -0.113. The highest BCUT2D eigenvalue weighted by Gasteiger charge is 2.27. The molecule has 0 spiro atoms. The highest BCUT2D eigenvalue weighted by molar-refractivity contribution is 6.34. The van der Waals surface area contributed by atoms with Crippen molar-refractivity contribution in [1.29, 1.82) is 0 Å². The minimum absolute atomic E-state index is 0.134. The van der Waals surface area contributed by atoms with Gasteiger partial charge in [0.05, 0.1) is 5.57 Å². The molecule has 116 valence electrons. The fourth-order valence-electron chi connectivity index (χ4n) is 2.17. The highest BCUT2D eigenvalue weighted by Crippen LogP contribution is 2.23. The van der Waals surface area contributed by atoms with Crippen LogP contribution in [-0.4, -0.2) is 46.6 Å². The maximum absolute atomic E-state index is 11.9. The van der Waals surface area contributed by atoms with E-state index in [2.05, 4.69) is 20.3 Å². The summed E-state index contributed by atoms with van der Waals surface area (Å²) >= 11 is 0. The number of hydrogen-bond acceptors (Lipinski definition) is 7. The fraction of sp³-hybridized carbons (Fsp3) is 0.0714. The van der Waals surface area contributed by atoms with Gasteiger partial charge in [0.2, 0.25) is 5.96 Å². The number of aromatic carboxylic acids is 1. The van der Waals surface area contributed by atoms with Crippen LogP contribution in [0.1, 0.15) is 10.4 Å². The van der Waals surface area contributed by atoms with Crippen LogP contribution in [0.2, 0.25) is 0 Å². The maximum atomic E-state index is 11.9. The molecule has 2 heterocycles. The molecule has 9 heteroatoms. The largest absolute Gasteiger partial charge is 0.507 e. The van der Waals surface area contributed by atoms with Crippen molar-refractivity contribution in [3.8, 4) is 5.75 Å². The number of carbonyl (C=O) groups is 2. The topological polar surface area (TPSA) is 150 Å². The van der Waals surface area contributed by atoms with E-state index in [9.17, 15) is 14.7 Å². The van der Waals surface area contributed by atoms with E-state index in [0.29, 0.717) is 11.3 Å². The average Bonchev–Trinajstić information content (AvgIpc) is 2.89.